The van der Waals surface area contributed by atoms with Gasteiger partial charge >= 0.3 is 5.97 Å². The number of allylic oxidation sites excluding steroid dienone is 2. The van der Waals surface area contributed by atoms with E-state index in [1.165, 1.54) is 0 Å². The Bertz CT molecular complexity index is 1200. The Kier molecular flexibility index (Phi) is 7.63. The maximum Gasteiger partial charge on any atom is 0.334 e. The molecule has 5 heteroatoms. The van der Waals surface area contributed by atoms with Gasteiger partial charge in [0, 0.05) is 11.5 Å². The van der Waals surface area contributed by atoms with Crippen molar-refractivity contribution in [1.29, 1.82) is 0 Å². The Morgan fingerprint density at radius 2 is 1.59 bits per heavy atom. The van der Waals surface area contributed by atoms with Crippen molar-refractivity contribution in [3.8, 4) is 11.5 Å². The van der Waals surface area contributed by atoms with E-state index in [-0.39, 0.29) is 35.6 Å². The van der Waals surface area contributed by atoms with Gasteiger partial charge in [0.15, 0.2) is 5.78 Å². The topological polar surface area (TPSA) is 61.8 Å². The van der Waals surface area contributed by atoms with E-state index in [1.54, 1.807) is 21.1 Å². The number of benzene rings is 2. The van der Waals surface area contributed by atoms with Crippen LogP contribution in [-0.2, 0) is 14.3 Å². The van der Waals surface area contributed by atoms with Crippen molar-refractivity contribution in [3.63, 3.8) is 0 Å². The van der Waals surface area contributed by atoms with E-state index in [9.17, 15) is 9.59 Å². The third-order valence-electron chi connectivity index (χ3n) is 8.06. The molecule has 1 unspecified atom stereocenters. The molecule has 0 heterocycles. The molecule has 0 N–H and O–H groups in total. The lowest BCUT2D eigenvalue weighted by atomic mass is 9.54. The number of hydrogen-bond acceptors (Lipinski definition) is 5. The zero-order valence-corrected chi connectivity index (χ0v) is 22.8. The number of rotatable bonds is 6. The van der Waals surface area contributed by atoms with E-state index in [1.807, 2.05) is 60.7 Å². The molecule has 1 spiro atoms. The maximum atomic E-state index is 14.6. The van der Waals surface area contributed by atoms with E-state index < -0.39 is 5.41 Å². The number of ether oxygens (including phenoxy) is 3. The Morgan fingerprint density at radius 1 is 1.00 bits per heavy atom. The molecule has 37 heavy (non-hydrogen) atoms. The first-order valence-electron chi connectivity index (χ1n) is 13.0. The zero-order valence-electron chi connectivity index (χ0n) is 22.8. The van der Waals surface area contributed by atoms with Crippen LogP contribution in [0.4, 0.5) is 0 Å². The van der Waals surface area contributed by atoms with Gasteiger partial charge in [-0.05, 0) is 84.6 Å². The SMILES string of the molecule is CCOC(=O)C1=CC[C@H](c2ccc(OC)cc2)[C@]12CC(C(C)(C)C)C/C(=C\c1ccc(OC)cc1)C2=O. The molecule has 0 bridgehead atoms. The number of methoxy groups -OCH3 is 2. The molecule has 3 atom stereocenters. The van der Waals surface area contributed by atoms with Gasteiger partial charge in [-0.25, -0.2) is 4.79 Å². The number of esters is 1. The summed E-state index contributed by atoms with van der Waals surface area (Å²) in [6, 6.07) is 15.6. The van der Waals surface area contributed by atoms with Crippen LogP contribution in [-0.4, -0.2) is 32.6 Å². The van der Waals surface area contributed by atoms with Gasteiger partial charge in [0.1, 0.15) is 11.5 Å². The fourth-order valence-electron chi connectivity index (χ4n) is 5.91. The van der Waals surface area contributed by atoms with Crippen molar-refractivity contribution in [2.24, 2.45) is 16.7 Å². The first kappa shape index (κ1) is 26.7. The largest absolute Gasteiger partial charge is 0.497 e. The van der Waals surface area contributed by atoms with E-state index in [0.717, 1.165) is 28.2 Å². The summed E-state index contributed by atoms with van der Waals surface area (Å²) in [6.07, 6.45) is 5.82. The molecule has 0 radical (unpaired) electrons. The average molecular weight is 503 g/mol. The molecule has 4 rings (SSSR count). The van der Waals surface area contributed by atoms with E-state index in [2.05, 4.69) is 20.8 Å². The summed E-state index contributed by atoms with van der Waals surface area (Å²) >= 11 is 0. The molecule has 1 fully saturated rings. The van der Waals surface area contributed by atoms with Crippen LogP contribution in [0.1, 0.15) is 64.0 Å². The van der Waals surface area contributed by atoms with Gasteiger partial charge in [-0.2, -0.15) is 0 Å². The van der Waals surface area contributed by atoms with Crippen LogP contribution < -0.4 is 9.47 Å². The van der Waals surface area contributed by atoms with Crippen molar-refractivity contribution in [3.05, 3.63) is 76.9 Å². The van der Waals surface area contributed by atoms with Crippen molar-refractivity contribution < 1.29 is 23.8 Å². The second kappa shape index (κ2) is 10.6. The molecule has 2 aliphatic carbocycles. The Hall–Kier alpha value is -3.34. The fraction of sp³-hybridized carbons (Fsp3) is 0.438. The predicted molar refractivity (Wildman–Crippen MR) is 146 cm³/mol. The lowest BCUT2D eigenvalue weighted by Gasteiger charge is -2.47. The van der Waals surface area contributed by atoms with Crippen molar-refractivity contribution >= 4 is 17.8 Å². The second-order valence-electron chi connectivity index (χ2n) is 11.1. The van der Waals surface area contributed by atoms with Gasteiger partial charge < -0.3 is 14.2 Å². The molecular weight excluding hydrogens is 464 g/mol. The predicted octanol–water partition coefficient (Wildman–Crippen LogP) is 6.78. The standard InChI is InChI=1S/C32H38O5/c1-7-37-30(34)28-17-16-27(22-10-14-26(36-6)15-11-22)32(28)20-24(31(2,3)4)19-23(29(32)33)18-21-8-12-25(35-5)13-9-21/h8-15,17-18,24,27H,7,16,19-20H2,1-6H3/b23-18+/t24?,27-,32-/m1/s1. The highest BCUT2D eigenvalue weighted by atomic mass is 16.5. The molecule has 0 saturated heterocycles. The molecule has 0 aromatic heterocycles. The van der Waals surface area contributed by atoms with Gasteiger partial charge in [0.05, 0.1) is 26.2 Å². The lowest BCUT2D eigenvalue weighted by Crippen LogP contribution is -2.47. The maximum absolute atomic E-state index is 14.6. The monoisotopic (exact) mass is 502 g/mol. The van der Waals surface area contributed by atoms with Crippen LogP contribution in [0, 0.1) is 16.7 Å². The summed E-state index contributed by atoms with van der Waals surface area (Å²) < 4.78 is 16.2. The first-order valence-corrected chi connectivity index (χ1v) is 13.0. The van der Waals surface area contributed by atoms with E-state index in [4.69, 9.17) is 14.2 Å². The smallest absolute Gasteiger partial charge is 0.334 e. The van der Waals surface area contributed by atoms with Crippen LogP contribution in [0.25, 0.3) is 6.08 Å². The highest BCUT2D eigenvalue weighted by Crippen LogP contribution is 2.60. The summed E-state index contributed by atoms with van der Waals surface area (Å²) in [5, 5.41) is 0. The third-order valence-corrected chi connectivity index (χ3v) is 8.06. The molecule has 2 aliphatic rings. The highest BCUT2D eigenvalue weighted by Gasteiger charge is 2.59. The molecule has 196 valence electrons. The van der Waals surface area contributed by atoms with Gasteiger partial charge in [0.25, 0.3) is 0 Å². The molecule has 1 saturated carbocycles. The molecule has 2 aromatic rings. The molecule has 5 nitrogen and oxygen atoms in total. The summed E-state index contributed by atoms with van der Waals surface area (Å²) in [6.45, 7) is 8.73. The van der Waals surface area contributed by atoms with Crippen LogP contribution in [0.2, 0.25) is 0 Å². The third kappa shape index (κ3) is 5.09. The summed E-state index contributed by atoms with van der Waals surface area (Å²) in [5.41, 5.74) is 2.20. The van der Waals surface area contributed by atoms with Crippen molar-refractivity contribution in [1.82, 2.24) is 0 Å². The Balaban J connectivity index is 1.87. The summed E-state index contributed by atoms with van der Waals surface area (Å²) in [5.74, 6) is 1.22. The first-order chi connectivity index (χ1) is 17.6. The molecule has 0 aliphatic heterocycles. The number of ketones is 1. The van der Waals surface area contributed by atoms with Gasteiger partial charge in [-0.3, -0.25) is 4.79 Å². The van der Waals surface area contributed by atoms with Crippen LogP contribution >= 0.6 is 0 Å². The van der Waals surface area contributed by atoms with Crippen LogP contribution in [0.5, 0.6) is 11.5 Å². The number of hydrogen-bond donors (Lipinski definition) is 0. The minimum absolute atomic E-state index is 0.0291. The van der Waals surface area contributed by atoms with Crippen LogP contribution in [0.15, 0.2) is 65.8 Å². The van der Waals surface area contributed by atoms with E-state index in [0.29, 0.717) is 24.8 Å². The molecule has 2 aromatic carbocycles. The highest BCUT2D eigenvalue weighted by molar-refractivity contribution is 6.12. The van der Waals surface area contributed by atoms with Gasteiger partial charge in [0.2, 0.25) is 0 Å². The Labute approximate surface area is 220 Å². The Morgan fingerprint density at radius 3 is 2.14 bits per heavy atom. The van der Waals surface area contributed by atoms with E-state index >= 15 is 0 Å². The zero-order chi connectivity index (χ0) is 26.8. The average Bonchev–Trinajstić information content (AvgIpc) is 3.26. The minimum Gasteiger partial charge on any atom is -0.497 e. The lowest BCUT2D eigenvalue weighted by molar-refractivity contribution is -0.143. The van der Waals surface area contributed by atoms with Gasteiger partial charge in [-0.15, -0.1) is 0 Å². The molecular formula is C32H38O5. The minimum atomic E-state index is -0.977. The van der Waals surface area contributed by atoms with Crippen LogP contribution in [0.3, 0.4) is 0 Å². The quantitative estimate of drug-likeness (QED) is 0.322. The number of carbonyl (C=O) groups excluding carboxylic acids is 2. The van der Waals surface area contributed by atoms with Crippen molar-refractivity contribution in [2.45, 2.75) is 52.9 Å². The normalized spacial score (nSPS) is 24.8. The summed E-state index contributed by atoms with van der Waals surface area (Å²) in [7, 11) is 3.28. The number of Topliss-reactive ketones (excluding diaryl/α,β-unsaturated/α-hetero) is 1. The second-order valence-corrected chi connectivity index (χ2v) is 11.1. The van der Waals surface area contributed by atoms with Crippen molar-refractivity contribution in [2.75, 3.05) is 20.8 Å². The fourth-order valence-corrected chi connectivity index (χ4v) is 5.91. The van der Waals surface area contributed by atoms with Gasteiger partial charge in [-0.1, -0.05) is 51.1 Å². The number of carbonyl (C=O) groups is 2. The molecule has 0 amide bonds. The summed E-state index contributed by atoms with van der Waals surface area (Å²) in [4.78, 5) is 27.9.